The van der Waals surface area contributed by atoms with E-state index < -0.39 is 23.4 Å². The van der Waals surface area contributed by atoms with E-state index in [9.17, 15) is 24.0 Å². The summed E-state index contributed by atoms with van der Waals surface area (Å²) in [7, 11) is 1.18. The van der Waals surface area contributed by atoms with Crippen molar-refractivity contribution >= 4 is 75.6 Å². The lowest BCUT2D eigenvalue weighted by Gasteiger charge is -2.33. The molecule has 45 heavy (non-hydrogen) atoms. The Morgan fingerprint density at radius 2 is 1.73 bits per heavy atom. The van der Waals surface area contributed by atoms with E-state index in [4.69, 9.17) is 27.9 Å². The fourth-order valence-electron chi connectivity index (χ4n) is 4.50. The molecular weight excluding hydrogens is 643 g/mol. The first-order valence-electron chi connectivity index (χ1n) is 14.0. The lowest BCUT2D eigenvalue weighted by molar-refractivity contribution is -0.135. The van der Waals surface area contributed by atoms with E-state index >= 15 is 0 Å². The number of anilines is 1. The number of ether oxygens (including phenoxy) is 2. The second kappa shape index (κ2) is 14.5. The van der Waals surface area contributed by atoms with E-state index in [-0.39, 0.29) is 38.6 Å². The molecule has 2 fully saturated rings. The molecule has 0 atom stereocenters. The van der Waals surface area contributed by atoms with Gasteiger partial charge in [0.2, 0.25) is 0 Å². The molecule has 2 saturated heterocycles. The molecule has 0 bridgehead atoms. The van der Waals surface area contributed by atoms with Crippen LogP contribution < -0.4 is 10.2 Å². The zero-order valence-electron chi connectivity index (χ0n) is 25.1. The number of piperidine rings is 1. The summed E-state index contributed by atoms with van der Waals surface area (Å²) in [5.41, 5.74) is 0.199. The minimum Gasteiger partial charge on any atom is -0.466 e. The molecule has 0 saturated carbocycles. The summed E-state index contributed by atoms with van der Waals surface area (Å²) in [5, 5.41) is 3.35. The van der Waals surface area contributed by atoms with E-state index in [1.807, 2.05) is 20.8 Å². The Morgan fingerprint density at radius 3 is 2.33 bits per heavy atom. The van der Waals surface area contributed by atoms with Gasteiger partial charge in [-0.25, -0.2) is 9.59 Å². The summed E-state index contributed by atoms with van der Waals surface area (Å²) in [4.78, 5) is 70.4. The number of amides is 4. The maximum absolute atomic E-state index is 13.3. The second-order valence-electron chi connectivity index (χ2n) is 11.3. The monoisotopic (exact) mass is 674 g/mol. The number of aliphatic imine (C=N–C) groups is 1. The third-order valence-electron chi connectivity index (χ3n) is 6.82. The van der Waals surface area contributed by atoms with Crippen LogP contribution in [0.2, 0.25) is 10.0 Å². The Labute approximate surface area is 274 Å². The molecule has 0 spiro atoms. The van der Waals surface area contributed by atoms with Crippen molar-refractivity contribution < 1.29 is 33.4 Å². The molecule has 0 radical (unpaired) electrons. The van der Waals surface area contributed by atoms with Crippen molar-refractivity contribution in [2.75, 3.05) is 31.6 Å². The minimum absolute atomic E-state index is 0.00450. The van der Waals surface area contributed by atoms with Crippen LogP contribution in [0.1, 0.15) is 54.3 Å². The second-order valence-corrected chi connectivity index (χ2v) is 13.1. The smallest absolute Gasteiger partial charge is 0.410 e. The van der Waals surface area contributed by atoms with Gasteiger partial charge in [-0.05, 0) is 93.8 Å². The number of amidine groups is 1. The number of esters is 1. The van der Waals surface area contributed by atoms with Crippen LogP contribution in [0.15, 0.2) is 58.4 Å². The number of hydrogen-bond acceptors (Lipinski definition) is 8. The molecule has 0 unspecified atom stereocenters. The molecule has 2 heterocycles. The predicted octanol–water partition coefficient (Wildman–Crippen LogP) is 5.70. The molecule has 1 N–H and O–H groups in total. The average Bonchev–Trinajstić information content (AvgIpc) is 3.28. The van der Waals surface area contributed by atoms with Gasteiger partial charge in [-0.15, -0.1) is 0 Å². The molecule has 4 amide bonds. The molecule has 2 aliphatic heterocycles. The molecular formula is C31H32Cl2N4O7S. The molecule has 14 heteroatoms. The number of hydrogen-bond donors (Lipinski definition) is 1. The van der Waals surface area contributed by atoms with Crippen molar-refractivity contribution in [1.29, 1.82) is 0 Å². The van der Waals surface area contributed by atoms with Crippen LogP contribution in [0.5, 0.6) is 0 Å². The van der Waals surface area contributed by atoms with Crippen molar-refractivity contribution in [3.63, 3.8) is 0 Å². The predicted molar refractivity (Wildman–Crippen MR) is 173 cm³/mol. The molecule has 11 nitrogen and oxygen atoms in total. The third kappa shape index (κ3) is 8.86. The molecule has 2 aliphatic rings. The van der Waals surface area contributed by atoms with Gasteiger partial charge in [0.05, 0.1) is 28.3 Å². The van der Waals surface area contributed by atoms with Crippen molar-refractivity contribution in [3.05, 3.63) is 74.6 Å². The Balaban J connectivity index is 1.44. The first-order valence-corrected chi connectivity index (χ1v) is 15.6. The van der Waals surface area contributed by atoms with E-state index in [1.165, 1.54) is 30.2 Å². The zero-order valence-corrected chi connectivity index (χ0v) is 27.4. The van der Waals surface area contributed by atoms with Crippen molar-refractivity contribution in [1.82, 2.24) is 10.2 Å². The summed E-state index contributed by atoms with van der Waals surface area (Å²) in [6.45, 7) is 7.03. The van der Waals surface area contributed by atoms with Crippen LogP contribution in [-0.4, -0.2) is 72.2 Å². The Hall–Kier alpha value is -3.87. The highest BCUT2D eigenvalue weighted by Crippen LogP contribution is 2.35. The van der Waals surface area contributed by atoms with Crippen LogP contribution in [0.25, 0.3) is 0 Å². The Bertz CT molecular complexity index is 1560. The number of nitrogens with one attached hydrogen (secondary N) is 1. The fourth-order valence-corrected chi connectivity index (χ4v) is 5.93. The summed E-state index contributed by atoms with van der Waals surface area (Å²) in [6, 6.07) is 10.5. The van der Waals surface area contributed by atoms with Gasteiger partial charge in [-0.2, -0.15) is 4.99 Å². The molecule has 0 aliphatic carbocycles. The average molecular weight is 676 g/mol. The van der Waals surface area contributed by atoms with Crippen LogP contribution >= 0.6 is 35.0 Å². The minimum atomic E-state index is -0.748. The standard InChI is InChI=1S/C31H32Cl2N4O7S/c1-31(2,3)44-30(42)36-13-11-18(12-14-36)17-34-26(39)19-5-8-21(9-6-19)37-28(41)24(16-25(38)43-4)45-29(37)35-27(40)22-10-7-20(32)15-23(22)33/h5-10,15-16,18H,11-14,17H2,1-4H3,(H,34,39). The number of halogens is 2. The number of rotatable bonds is 6. The summed E-state index contributed by atoms with van der Waals surface area (Å²) in [6.07, 6.45) is 2.15. The number of carbonyl (C=O) groups excluding carboxylic acids is 5. The molecule has 4 rings (SSSR count). The van der Waals surface area contributed by atoms with Gasteiger partial charge < -0.3 is 19.7 Å². The van der Waals surface area contributed by atoms with Crippen molar-refractivity contribution in [3.8, 4) is 0 Å². The van der Waals surface area contributed by atoms with E-state index in [0.29, 0.717) is 35.9 Å². The first kappa shape index (κ1) is 34.0. The van der Waals surface area contributed by atoms with Crippen molar-refractivity contribution in [2.24, 2.45) is 10.9 Å². The maximum Gasteiger partial charge on any atom is 0.410 e. The van der Waals surface area contributed by atoms with E-state index in [0.717, 1.165) is 30.7 Å². The number of likely N-dealkylation sites (tertiary alicyclic amines) is 1. The number of benzene rings is 2. The van der Waals surface area contributed by atoms with E-state index in [1.54, 1.807) is 29.2 Å². The number of nitrogens with zero attached hydrogens (tertiary/aromatic N) is 3. The molecule has 238 valence electrons. The van der Waals surface area contributed by atoms with E-state index in [2.05, 4.69) is 15.0 Å². The molecule has 2 aromatic carbocycles. The molecule has 0 aromatic heterocycles. The topological polar surface area (TPSA) is 135 Å². The first-order chi connectivity index (χ1) is 21.3. The van der Waals surface area contributed by atoms with Crippen LogP contribution in [0.4, 0.5) is 10.5 Å². The normalized spacial score (nSPS) is 17.5. The highest BCUT2D eigenvalue weighted by molar-refractivity contribution is 8.19. The zero-order chi connectivity index (χ0) is 32.9. The fraction of sp³-hybridized carbons (Fsp3) is 0.355. The lowest BCUT2D eigenvalue weighted by atomic mass is 9.97. The summed E-state index contributed by atoms with van der Waals surface area (Å²) >= 11 is 12.9. The van der Waals surface area contributed by atoms with Gasteiger partial charge in [0, 0.05) is 36.3 Å². The molecule has 2 aromatic rings. The van der Waals surface area contributed by atoms with Gasteiger partial charge in [0.1, 0.15) is 5.60 Å². The number of thioether (sulfide) groups is 1. The van der Waals surface area contributed by atoms with Gasteiger partial charge >= 0.3 is 12.1 Å². The largest absolute Gasteiger partial charge is 0.466 e. The quantitative estimate of drug-likeness (QED) is 0.304. The Kier molecular flexibility index (Phi) is 10.9. The van der Waals surface area contributed by atoms with Gasteiger partial charge in [0.15, 0.2) is 5.17 Å². The van der Waals surface area contributed by atoms with Gasteiger partial charge in [0.25, 0.3) is 17.7 Å². The van der Waals surface area contributed by atoms with Gasteiger partial charge in [-0.1, -0.05) is 23.2 Å². The SMILES string of the molecule is COC(=O)C=C1SC(=NC(=O)c2ccc(Cl)cc2Cl)N(c2ccc(C(=O)NCC3CCN(C(=O)OC(C)(C)C)CC3)cc2)C1=O. The summed E-state index contributed by atoms with van der Waals surface area (Å²) < 4.78 is 10.1. The van der Waals surface area contributed by atoms with Gasteiger partial charge in [-0.3, -0.25) is 19.3 Å². The highest BCUT2D eigenvalue weighted by atomic mass is 35.5. The van der Waals surface area contributed by atoms with Crippen LogP contribution in [0, 0.1) is 5.92 Å². The highest BCUT2D eigenvalue weighted by Gasteiger charge is 2.36. The number of methoxy groups -OCH3 is 1. The van der Waals surface area contributed by atoms with Crippen LogP contribution in [0.3, 0.4) is 0 Å². The van der Waals surface area contributed by atoms with Crippen LogP contribution in [-0.2, 0) is 19.1 Å². The Morgan fingerprint density at radius 1 is 1.07 bits per heavy atom. The number of carbonyl (C=O) groups is 5. The third-order valence-corrected chi connectivity index (χ3v) is 8.34. The van der Waals surface area contributed by atoms with Crippen molar-refractivity contribution in [2.45, 2.75) is 39.2 Å². The summed E-state index contributed by atoms with van der Waals surface area (Å²) in [5.74, 6) is -2.16. The lowest BCUT2D eigenvalue weighted by Crippen LogP contribution is -2.43. The maximum atomic E-state index is 13.3.